The Bertz CT molecular complexity index is 438. The smallest absolute Gasteiger partial charge is 0.354 e. The summed E-state index contributed by atoms with van der Waals surface area (Å²) in [7, 11) is -1.43. The van der Waals surface area contributed by atoms with Gasteiger partial charge in [0.15, 0.2) is 0 Å². The number of pyridine rings is 1. The molecule has 1 rings (SSSR count). The lowest BCUT2D eigenvalue weighted by Crippen LogP contribution is -2.16. The van der Waals surface area contributed by atoms with Crippen molar-refractivity contribution in [1.82, 2.24) is 4.98 Å². The largest absolute Gasteiger partial charge is 0.477 e. The second kappa shape index (κ2) is 4.28. The number of aromatic nitrogens is 1. The molecule has 0 saturated carbocycles. The standard InChI is InChI=1S/C11H13NO2Si/c1-15(2,3)8-7-9-5-4-6-10(12-9)11(13)14/h4-6H,1-3H3,(H,13,14). The number of carbonyl (C=O) groups is 1. The molecule has 1 aromatic heterocycles. The average molecular weight is 219 g/mol. The van der Waals surface area contributed by atoms with Crippen LogP contribution in [0.15, 0.2) is 18.2 Å². The van der Waals surface area contributed by atoms with Crippen molar-refractivity contribution in [2.75, 3.05) is 0 Å². The molecular weight excluding hydrogens is 206 g/mol. The first-order chi connectivity index (χ1) is 6.88. The van der Waals surface area contributed by atoms with E-state index in [1.165, 1.54) is 6.07 Å². The minimum absolute atomic E-state index is 0.0392. The molecule has 1 heterocycles. The Hall–Kier alpha value is -1.60. The maximum atomic E-state index is 10.7. The highest BCUT2D eigenvalue weighted by Crippen LogP contribution is 2.00. The van der Waals surface area contributed by atoms with Crippen molar-refractivity contribution < 1.29 is 9.90 Å². The summed E-state index contributed by atoms with van der Waals surface area (Å²) in [6.45, 7) is 6.38. The van der Waals surface area contributed by atoms with Crippen molar-refractivity contribution in [3.8, 4) is 11.5 Å². The molecule has 3 nitrogen and oxygen atoms in total. The third-order valence-electron chi connectivity index (χ3n) is 1.53. The number of aromatic carboxylic acids is 1. The van der Waals surface area contributed by atoms with Crippen LogP contribution < -0.4 is 0 Å². The van der Waals surface area contributed by atoms with E-state index in [0.717, 1.165) is 0 Å². The zero-order valence-electron chi connectivity index (χ0n) is 9.03. The van der Waals surface area contributed by atoms with Gasteiger partial charge in [-0.05, 0) is 12.1 Å². The Kier molecular flexibility index (Phi) is 3.27. The van der Waals surface area contributed by atoms with Gasteiger partial charge in [-0.15, -0.1) is 5.54 Å². The molecule has 0 radical (unpaired) electrons. The molecule has 0 unspecified atom stereocenters. The van der Waals surface area contributed by atoms with Crippen LogP contribution in [0.3, 0.4) is 0 Å². The van der Waals surface area contributed by atoms with Crippen molar-refractivity contribution in [2.45, 2.75) is 19.6 Å². The normalized spacial score (nSPS) is 10.3. The van der Waals surface area contributed by atoms with E-state index in [2.05, 4.69) is 36.1 Å². The summed E-state index contributed by atoms with van der Waals surface area (Å²) in [6, 6.07) is 4.84. The molecule has 0 spiro atoms. The molecule has 0 amide bonds. The molecule has 1 N–H and O–H groups in total. The summed E-state index contributed by atoms with van der Waals surface area (Å²) in [5, 5.41) is 8.74. The Morgan fingerprint density at radius 1 is 1.40 bits per heavy atom. The van der Waals surface area contributed by atoms with Gasteiger partial charge in [-0.25, -0.2) is 9.78 Å². The number of hydrogen-bond donors (Lipinski definition) is 1. The summed E-state index contributed by atoms with van der Waals surface area (Å²) < 4.78 is 0. The molecule has 1 aromatic rings. The lowest BCUT2D eigenvalue weighted by atomic mass is 10.3. The van der Waals surface area contributed by atoms with E-state index in [-0.39, 0.29) is 5.69 Å². The van der Waals surface area contributed by atoms with Crippen LogP contribution in [0, 0.1) is 11.5 Å². The highest BCUT2D eigenvalue weighted by Gasteiger charge is 2.08. The SMILES string of the molecule is C[Si](C)(C)C#Cc1cccc(C(=O)O)n1. The summed E-state index contributed by atoms with van der Waals surface area (Å²) >= 11 is 0. The van der Waals surface area contributed by atoms with Crippen LogP contribution >= 0.6 is 0 Å². The van der Waals surface area contributed by atoms with Gasteiger partial charge in [0.1, 0.15) is 19.5 Å². The van der Waals surface area contributed by atoms with Crippen molar-refractivity contribution in [3.63, 3.8) is 0 Å². The summed E-state index contributed by atoms with van der Waals surface area (Å²) in [4.78, 5) is 14.6. The molecule has 78 valence electrons. The maximum Gasteiger partial charge on any atom is 0.354 e. The van der Waals surface area contributed by atoms with Crippen LogP contribution in [0.25, 0.3) is 0 Å². The number of carboxylic acids is 1. The Balaban J connectivity index is 3.00. The molecule has 0 aliphatic carbocycles. The Labute approximate surface area is 90.2 Å². The fourth-order valence-corrected chi connectivity index (χ4v) is 1.38. The van der Waals surface area contributed by atoms with Gasteiger partial charge < -0.3 is 5.11 Å². The third kappa shape index (κ3) is 3.96. The highest BCUT2D eigenvalue weighted by molar-refractivity contribution is 6.83. The second-order valence-electron chi connectivity index (χ2n) is 4.21. The van der Waals surface area contributed by atoms with Crippen LogP contribution in [-0.4, -0.2) is 24.1 Å². The first-order valence-corrected chi connectivity index (χ1v) is 8.12. The monoisotopic (exact) mass is 219 g/mol. The van der Waals surface area contributed by atoms with Gasteiger partial charge in [-0.2, -0.15) is 0 Å². The van der Waals surface area contributed by atoms with Gasteiger partial charge in [0.05, 0.1) is 0 Å². The predicted molar refractivity (Wildman–Crippen MR) is 61.4 cm³/mol. The minimum atomic E-state index is -1.43. The van der Waals surface area contributed by atoms with Gasteiger partial charge in [-0.1, -0.05) is 31.6 Å². The zero-order chi connectivity index (χ0) is 11.5. The fourth-order valence-electron chi connectivity index (χ4n) is 0.875. The van der Waals surface area contributed by atoms with E-state index in [1.54, 1.807) is 12.1 Å². The fraction of sp³-hybridized carbons (Fsp3) is 0.273. The molecule has 0 fully saturated rings. The van der Waals surface area contributed by atoms with Gasteiger partial charge in [0.25, 0.3) is 0 Å². The topological polar surface area (TPSA) is 50.2 Å². The Morgan fingerprint density at radius 2 is 2.07 bits per heavy atom. The van der Waals surface area contributed by atoms with E-state index >= 15 is 0 Å². The van der Waals surface area contributed by atoms with Crippen molar-refractivity contribution in [1.29, 1.82) is 0 Å². The third-order valence-corrected chi connectivity index (χ3v) is 2.41. The predicted octanol–water partition coefficient (Wildman–Crippen LogP) is 2.01. The van der Waals surface area contributed by atoms with Crippen LogP contribution in [0.1, 0.15) is 16.2 Å². The molecule has 0 aliphatic heterocycles. The number of rotatable bonds is 1. The maximum absolute atomic E-state index is 10.7. The molecule has 0 saturated heterocycles. The first-order valence-electron chi connectivity index (χ1n) is 4.62. The quantitative estimate of drug-likeness (QED) is 0.580. The van der Waals surface area contributed by atoms with E-state index < -0.39 is 14.0 Å². The second-order valence-corrected chi connectivity index (χ2v) is 8.96. The summed E-state index contributed by atoms with van der Waals surface area (Å²) in [5.74, 6) is 1.90. The molecular formula is C11H13NO2Si. The van der Waals surface area contributed by atoms with Crippen LogP contribution in [0.5, 0.6) is 0 Å². The van der Waals surface area contributed by atoms with Crippen molar-refractivity contribution in [2.24, 2.45) is 0 Å². The molecule has 0 atom stereocenters. The van der Waals surface area contributed by atoms with E-state index in [0.29, 0.717) is 5.69 Å². The summed E-state index contributed by atoms with van der Waals surface area (Å²) in [6.07, 6.45) is 0. The van der Waals surface area contributed by atoms with Gasteiger partial charge >= 0.3 is 5.97 Å². The van der Waals surface area contributed by atoms with Crippen LogP contribution in [0.4, 0.5) is 0 Å². The average Bonchev–Trinajstić information content (AvgIpc) is 2.14. The first kappa shape index (κ1) is 11.5. The van der Waals surface area contributed by atoms with E-state index in [1.807, 2.05) is 0 Å². The minimum Gasteiger partial charge on any atom is -0.477 e. The lowest BCUT2D eigenvalue weighted by Gasteiger charge is -2.03. The number of carboxylic acid groups (broad SMARTS) is 1. The molecule has 0 bridgehead atoms. The van der Waals surface area contributed by atoms with Crippen LogP contribution in [0.2, 0.25) is 19.6 Å². The highest BCUT2D eigenvalue weighted by atomic mass is 28.3. The van der Waals surface area contributed by atoms with Gasteiger partial charge in [-0.3, -0.25) is 0 Å². The van der Waals surface area contributed by atoms with Crippen molar-refractivity contribution in [3.05, 3.63) is 29.6 Å². The Morgan fingerprint density at radius 3 is 2.60 bits per heavy atom. The van der Waals surface area contributed by atoms with E-state index in [4.69, 9.17) is 5.11 Å². The van der Waals surface area contributed by atoms with Gasteiger partial charge in [0, 0.05) is 0 Å². The lowest BCUT2D eigenvalue weighted by molar-refractivity contribution is 0.0690. The molecule has 4 heteroatoms. The van der Waals surface area contributed by atoms with Crippen molar-refractivity contribution >= 4 is 14.0 Å². The van der Waals surface area contributed by atoms with E-state index in [9.17, 15) is 4.79 Å². The van der Waals surface area contributed by atoms with Gasteiger partial charge in [0.2, 0.25) is 0 Å². The number of nitrogens with zero attached hydrogens (tertiary/aromatic N) is 1. The van der Waals surface area contributed by atoms with Crippen LogP contribution in [-0.2, 0) is 0 Å². The molecule has 0 aliphatic rings. The zero-order valence-corrected chi connectivity index (χ0v) is 10.0. The molecule has 15 heavy (non-hydrogen) atoms. The molecule has 0 aromatic carbocycles. The summed E-state index contributed by atoms with van der Waals surface area (Å²) in [5.41, 5.74) is 3.70. The number of hydrogen-bond acceptors (Lipinski definition) is 2.